The number of guanidine groups is 1. The Labute approximate surface area is 156 Å². The molecule has 1 saturated heterocycles. The van der Waals surface area contributed by atoms with Gasteiger partial charge in [-0.3, -0.25) is 0 Å². The van der Waals surface area contributed by atoms with Gasteiger partial charge in [-0.15, -0.1) is 0 Å². The summed E-state index contributed by atoms with van der Waals surface area (Å²) in [6, 6.07) is 12.8. The average Bonchev–Trinajstić information content (AvgIpc) is 3.15. The molecule has 0 spiro atoms. The van der Waals surface area contributed by atoms with Gasteiger partial charge in [0, 0.05) is 25.7 Å². The van der Waals surface area contributed by atoms with Gasteiger partial charge in [0.25, 0.3) is 0 Å². The summed E-state index contributed by atoms with van der Waals surface area (Å²) in [5, 5.41) is 7.46. The first-order valence-corrected chi connectivity index (χ1v) is 9.80. The van der Waals surface area contributed by atoms with Gasteiger partial charge in [-0.1, -0.05) is 42.4 Å². The predicted octanol–water partition coefficient (Wildman–Crippen LogP) is 3.66. The van der Waals surface area contributed by atoms with Gasteiger partial charge in [0.15, 0.2) is 11.7 Å². The molecule has 1 aromatic heterocycles. The van der Waals surface area contributed by atoms with Crippen LogP contribution < -0.4 is 5.32 Å². The van der Waals surface area contributed by atoms with Crippen molar-refractivity contribution in [2.24, 2.45) is 10.9 Å². The van der Waals surface area contributed by atoms with Crippen molar-refractivity contribution in [2.75, 3.05) is 19.6 Å². The Kier molecular flexibility index (Phi) is 6.69. The van der Waals surface area contributed by atoms with E-state index in [-0.39, 0.29) is 0 Å². The smallest absolute Gasteiger partial charge is 0.194 e. The Morgan fingerprint density at radius 2 is 2.00 bits per heavy atom. The fourth-order valence-electron chi connectivity index (χ4n) is 3.47. The predicted molar refractivity (Wildman–Crippen MR) is 105 cm³/mol. The van der Waals surface area contributed by atoms with E-state index in [4.69, 9.17) is 9.52 Å². The number of nitrogens with zero attached hydrogens (tertiary/aromatic N) is 3. The minimum absolute atomic E-state index is 0.541. The molecule has 2 aromatic rings. The Balaban J connectivity index is 1.54. The summed E-state index contributed by atoms with van der Waals surface area (Å²) in [6.07, 6.45) is 4.49. The third kappa shape index (κ3) is 5.10. The van der Waals surface area contributed by atoms with E-state index in [2.05, 4.69) is 59.6 Å². The first-order valence-electron chi connectivity index (χ1n) is 9.80. The summed E-state index contributed by atoms with van der Waals surface area (Å²) in [7, 11) is 0. The molecule has 0 bridgehead atoms. The highest BCUT2D eigenvalue weighted by Crippen LogP contribution is 2.21. The van der Waals surface area contributed by atoms with E-state index in [0.717, 1.165) is 49.4 Å². The lowest BCUT2D eigenvalue weighted by molar-refractivity contribution is 0.258. The number of aromatic nitrogens is 1. The molecule has 140 valence electrons. The van der Waals surface area contributed by atoms with Crippen LogP contribution in [0.4, 0.5) is 0 Å². The molecule has 2 heterocycles. The van der Waals surface area contributed by atoms with Crippen molar-refractivity contribution >= 4 is 5.96 Å². The third-order valence-corrected chi connectivity index (χ3v) is 4.97. The molecule has 1 fully saturated rings. The van der Waals surface area contributed by atoms with Crippen molar-refractivity contribution in [1.29, 1.82) is 0 Å². The summed E-state index contributed by atoms with van der Waals surface area (Å²) in [5.74, 6) is 2.58. The van der Waals surface area contributed by atoms with E-state index in [1.807, 2.05) is 6.07 Å². The Hall–Kier alpha value is -2.30. The SMILES string of the molecule is CCNC(=NCc1cc(CC)no1)N1CCC(Cc2ccccc2)CC1. The van der Waals surface area contributed by atoms with E-state index in [9.17, 15) is 0 Å². The van der Waals surface area contributed by atoms with Crippen molar-refractivity contribution in [2.45, 2.75) is 46.1 Å². The maximum Gasteiger partial charge on any atom is 0.194 e. The van der Waals surface area contributed by atoms with Crippen LogP contribution in [-0.4, -0.2) is 35.7 Å². The second kappa shape index (κ2) is 9.41. The van der Waals surface area contributed by atoms with Gasteiger partial charge in [-0.2, -0.15) is 0 Å². The summed E-state index contributed by atoms with van der Waals surface area (Å²) in [6.45, 7) is 7.72. The number of likely N-dealkylation sites (tertiary alicyclic amines) is 1. The molecule has 0 atom stereocenters. The van der Waals surface area contributed by atoms with Gasteiger partial charge >= 0.3 is 0 Å². The minimum Gasteiger partial charge on any atom is -0.359 e. The molecule has 26 heavy (non-hydrogen) atoms. The van der Waals surface area contributed by atoms with Crippen LogP contribution in [-0.2, 0) is 19.4 Å². The van der Waals surface area contributed by atoms with Gasteiger partial charge in [0.05, 0.1) is 5.69 Å². The zero-order valence-corrected chi connectivity index (χ0v) is 15.9. The number of aliphatic imine (C=N–C) groups is 1. The molecule has 1 aliphatic rings. The summed E-state index contributed by atoms with van der Waals surface area (Å²) in [5.41, 5.74) is 2.44. The number of aryl methyl sites for hydroxylation is 1. The molecule has 1 aliphatic heterocycles. The van der Waals surface area contributed by atoms with Crippen LogP contribution in [0.5, 0.6) is 0 Å². The van der Waals surface area contributed by atoms with Gasteiger partial charge < -0.3 is 14.7 Å². The minimum atomic E-state index is 0.541. The van der Waals surface area contributed by atoms with E-state index in [1.54, 1.807) is 0 Å². The lowest BCUT2D eigenvalue weighted by atomic mass is 9.90. The molecule has 0 saturated carbocycles. The maximum atomic E-state index is 5.35. The van der Waals surface area contributed by atoms with Crippen LogP contribution in [0.2, 0.25) is 0 Å². The zero-order chi connectivity index (χ0) is 18.2. The van der Waals surface area contributed by atoms with Crippen molar-refractivity contribution in [3.05, 3.63) is 53.4 Å². The van der Waals surface area contributed by atoms with Crippen LogP contribution in [0, 0.1) is 5.92 Å². The molecular formula is C21H30N4O. The largest absolute Gasteiger partial charge is 0.359 e. The van der Waals surface area contributed by atoms with Crippen LogP contribution >= 0.6 is 0 Å². The van der Waals surface area contributed by atoms with E-state index in [0.29, 0.717) is 6.54 Å². The van der Waals surface area contributed by atoms with Gasteiger partial charge in [-0.25, -0.2) is 4.99 Å². The molecular weight excluding hydrogens is 324 g/mol. The first kappa shape index (κ1) is 18.5. The van der Waals surface area contributed by atoms with E-state index >= 15 is 0 Å². The molecule has 0 amide bonds. The second-order valence-electron chi connectivity index (χ2n) is 6.93. The molecule has 5 heteroatoms. The number of hydrogen-bond acceptors (Lipinski definition) is 3. The van der Waals surface area contributed by atoms with Gasteiger partial charge in [-0.05, 0) is 44.1 Å². The van der Waals surface area contributed by atoms with E-state index in [1.165, 1.54) is 24.8 Å². The van der Waals surface area contributed by atoms with Crippen molar-refractivity contribution < 1.29 is 4.52 Å². The fourth-order valence-corrected chi connectivity index (χ4v) is 3.47. The van der Waals surface area contributed by atoms with Crippen molar-refractivity contribution in [1.82, 2.24) is 15.4 Å². The Morgan fingerprint density at radius 3 is 2.65 bits per heavy atom. The zero-order valence-electron chi connectivity index (χ0n) is 15.9. The summed E-state index contributed by atoms with van der Waals surface area (Å²) in [4.78, 5) is 7.14. The highest BCUT2D eigenvalue weighted by molar-refractivity contribution is 5.80. The summed E-state index contributed by atoms with van der Waals surface area (Å²) >= 11 is 0. The number of hydrogen-bond donors (Lipinski definition) is 1. The standard InChI is InChI=1S/C21H30N4O/c1-3-19-15-20(26-24-19)16-23-21(22-4-2)25-12-10-18(11-13-25)14-17-8-6-5-7-9-17/h5-9,15,18H,3-4,10-14,16H2,1-2H3,(H,22,23). The van der Waals surface area contributed by atoms with Crippen LogP contribution in [0.1, 0.15) is 43.7 Å². The molecule has 3 rings (SSSR count). The summed E-state index contributed by atoms with van der Waals surface area (Å²) < 4.78 is 5.35. The Morgan fingerprint density at radius 1 is 1.23 bits per heavy atom. The quantitative estimate of drug-likeness (QED) is 0.635. The molecule has 1 aromatic carbocycles. The van der Waals surface area contributed by atoms with Crippen molar-refractivity contribution in [3.63, 3.8) is 0 Å². The monoisotopic (exact) mass is 354 g/mol. The number of rotatable bonds is 6. The third-order valence-electron chi connectivity index (χ3n) is 4.97. The van der Waals surface area contributed by atoms with Gasteiger partial charge in [0.1, 0.15) is 6.54 Å². The molecule has 0 unspecified atom stereocenters. The fraction of sp³-hybridized carbons (Fsp3) is 0.524. The first-order chi connectivity index (χ1) is 12.8. The van der Waals surface area contributed by atoms with Crippen LogP contribution in [0.3, 0.4) is 0 Å². The highest BCUT2D eigenvalue weighted by Gasteiger charge is 2.21. The number of benzene rings is 1. The lowest BCUT2D eigenvalue weighted by Crippen LogP contribution is -2.45. The van der Waals surface area contributed by atoms with Crippen LogP contribution in [0.25, 0.3) is 0 Å². The van der Waals surface area contributed by atoms with E-state index < -0.39 is 0 Å². The maximum absolute atomic E-state index is 5.35. The molecule has 5 nitrogen and oxygen atoms in total. The molecule has 1 N–H and O–H groups in total. The normalized spacial score (nSPS) is 16.1. The molecule has 0 radical (unpaired) electrons. The molecule has 0 aliphatic carbocycles. The van der Waals surface area contributed by atoms with Crippen molar-refractivity contribution in [3.8, 4) is 0 Å². The topological polar surface area (TPSA) is 53.7 Å². The van der Waals surface area contributed by atoms with Gasteiger partial charge in [0.2, 0.25) is 0 Å². The lowest BCUT2D eigenvalue weighted by Gasteiger charge is -2.34. The van der Waals surface area contributed by atoms with Crippen LogP contribution in [0.15, 0.2) is 45.9 Å². The highest BCUT2D eigenvalue weighted by atomic mass is 16.5. The number of nitrogens with one attached hydrogen (secondary N) is 1. The Bertz CT molecular complexity index is 687. The average molecular weight is 354 g/mol. The second-order valence-corrected chi connectivity index (χ2v) is 6.93. The number of piperidine rings is 1.